The van der Waals surface area contributed by atoms with Crippen LogP contribution in [0.4, 0.5) is 0 Å². The van der Waals surface area contributed by atoms with Gasteiger partial charge in [0.1, 0.15) is 22.5 Å². The number of aryl methyl sites for hydroxylation is 2. The molecule has 0 N–H and O–H groups in total. The van der Waals surface area contributed by atoms with Crippen molar-refractivity contribution in [3.63, 3.8) is 0 Å². The van der Waals surface area contributed by atoms with Crippen LogP contribution in [-0.2, 0) is 39.4 Å². The van der Waals surface area contributed by atoms with E-state index in [4.69, 9.17) is 4.74 Å². The lowest BCUT2D eigenvalue weighted by atomic mass is 10.0. The van der Waals surface area contributed by atoms with Crippen molar-refractivity contribution in [3.05, 3.63) is 70.8 Å². The molecule has 0 aliphatic carbocycles. The smallest absolute Gasteiger partial charge is 0.211 e. The Morgan fingerprint density at radius 2 is 1.16 bits per heavy atom. The van der Waals surface area contributed by atoms with Gasteiger partial charge in [0.2, 0.25) is 11.6 Å². The molecule has 2 aromatic carbocycles. The molecule has 248 valence electrons. The molecule has 2 aromatic rings. The number of unbranched alkanes of at least 4 members (excludes halogenated alkanes) is 10. The first-order chi connectivity index (χ1) is 22.1. The van der Waals surface area contributed by atoms with Crippen molar-refractivity contribution in [2.75, 3.05) is 42.0 Å². The minimum absolute atomic E-state index is 0.158. The molecular weight excluding hydrogens is 593 g/mol. The Hall–Kier alpha value is -1.56. The van der Waals surface area contributed by atoms with E-state index in [1.54, 1.807) is 0 Å². The van der Waals surface area contributed by atoms with Gasteiger partial charge >= 0.3 is 0 Å². The number of ether oxygens (including phenoxy) is 1. The van der Waals surface area contributed by atoms with E-state index in [1.165, 1.54) is 119 Å². The third-order valence-corrected chi connectivity index (χ3v) is 14.7. The van der Waals surface area contributed by atoms with Crippen molar-refractivity contribution >= 4 is 33.4 Å². The first-order valence-corrected chi connectivity index (χ1v) is 21.6. The number of rotatable bonds is 22. The van der Waals surface area contributed by atoms with E-state index in [9.17, 15) is 9.59 Å². The Morgan fingerprint density at radius 1 is 0.644 bits per heavy atom. The van der Waals surface area contributed by atoms with Gasteiger partial charge in [0.25, 0.3) is 0 Å². The Balaban J connectivity index is 0.985. The molecule has 4 rings (SSSR count). The fourth-order valence-corrected chi connectivity index (χ4v) is 11.3. The van der Waals surface area contributed by atoms with Crippen LogP contribution in [0, 0.1) is 0 Å². The van der Waals surface area contributed by atoms with Gasteiger partial charge in [-0.15, -0.1) is 0 Å². The van der Waals surface area contributed by atoms with Crippen LogP contribution in [0.2, 0.25) is 0 Å². The van der Waals surface area contributed by atoms with Crippen molar-refractivity contribution in [1.82, 2.24) is 0 Å². The van der Waals surface area contributed by atoms with Crippen LogP contribution >= 0.6 is 0 Å². The van der Waals surface area contributed by atoms with Crippen LogP contribution in [0.5, 0.6) is 0 Å². The highest BCUT2D eigenvalue weighted by Gasteiger charge is 2.36. The van der Waals surface area contributed by atoms with Gasteiger partial charge in [-0.2, -0.15) is 0 Å². The molecule has 0 spiro atoms. The van der Waals surface area contributed by atoms with Gasteiger partial charge in [-0.25, -0.2) is 0 Å². The van der Waals surface area contributed by atoms with Crippen molar-refractivity contribution in [2.45, 2.75) is 121 Å². The molecule has 2 unspecified atom stereocenters. The van der Waals surface area contributed by atoms with Gasteiger partial charge in [0.05, 0.1) is 13.2 Å². The summed E-state index contributed by atoms with van der Waals surface area (Å²) in [4.78, 5) is 25.6. The van der Waals surface area contributed by atoms with Crippen LogP contribution < -0.4 is 0 Å². The van der Waals surface area contributed by atoms with E-state index in [1.807, 2.05) is 0 Å². The predicted molar refractivity (Wildman–Crippen MR) is 198 cm³/mol. The van der Waals surface area contributed by atoms with Gasteiger partial charge < -0.3 is 4.74 Å². The van der Waals surface area contributed by atoms with Crippen LogP contribution in [0.15, 0.2) is 48.5 Å². The van der Waals surface area contributed by atoms with E-state index in [0.717, 1.165) is 48.7 Å². The lowest BCUT2D eigenvalue weighted by Crippen LogP contribution is -2.40. The zero-order valence-corrected chi connectivity index (χ0v) is 29.8. The number of hydrogen-bond donors (Lipinski definition) is 0. The largest absolute Gasteiger partial charge is 0.371 e. The second-order valence-electron chi connectivity index (χ2n) is 13.4. The summed E-state index contributed by atoms with van der Waals surface area (Å²) in [7, 11) is 0.508. The summed E-state index contributed by atoms with van der Waals surface area (Å²) in [6.45, 7) is 3.88. The highest BCUT2D eigenvalue weighted by molar-refractivity contribution is 7.98. The van der Waals surface area contributed by atoms with Crippen LogP contribution in [0.25, 0.3) is 0 Å². The van der Waals surface area contributed by atoms with Gasteiger partial charge in [-0.1, -0.05) is 113 Å². The zero-order chi connectivity index (χ0) is 31.5. The topological polar surface area (TPSA) is 43.4 Å². The Labute approximate surface area is 280 Å². The molecule has 0 bridgehead atoms. The lowest BCUT2D eigenvalue weighted by molar-refractivity contribution is 0.101. The predicted octanol–water partition coefficient (Wildman–Crippen LogP) is 9.36. The average molecular weight is 653 g/mol. The number of carbonyl (C=O) groups is 2. The first-order valence-electron chi connectivity index (χ1n) is 18.2. The molecule has 2 heterocycles. The van der Waals surface area contributed by atoms with Gasteiger partial charge in [0.15, 0.2) is 11.5 Å². The van der Waals surface area contributed by atoms with Crippen molar-refractivity contribution in [1.29, 1.82) is 0 Å². The highest BCUT2D eigenvalue weighted by Crippen LogP contribution is 2.22. The highest BCUT2D eigenvalue weighted by atomic mass is 32.2. The van der Waals surface area contributed by atoms with Gasteiger partial charge in [-0.3, -0.25) is 9.59 Å². The summed E-state index contributed by atoms with van der Waals surface area (Å²) >= 11 is 0. The number of carbonyl (C=O) groups excluding carboxylic acids is 2. The van der Waals surface area contributed by atoms with Gasteiger partial charge in [0, 0.05) is 22.0 Å². The monoisotopic (exact) mass is 652 g/mol. The van der Waals surface area contributed by atoms with Crippen molar-refractivity contribution < 1.29 is 14.3 Å². The SMILES string of the molecule is CCCCc1ccc(C(=O)C[S+]2CCOCC2CCCCCCCCCCCCc2ccc(C(=O)C[S+]3CCCC3)cc2)cc1. The molecule has 0 radical (unpaired) electrons. The fourth-order valence-electron chi connectivity index (χ4n) is 6.67. The molecular formula is C40H60O3S2+2. The lowest BCUT2D eigenvalue weighted by Gasteiger charge is -2.23. The van der Waals surface area contributed by atoms with Crippen LogP contribution in [0.1, 0.15) is 135 Å². The summed E-state index contributed by atoms with van der Waals surface area (Å²) in [6.07, 6.45) is 21.7. The number of Topliss-reactive ketones (excluding diaryl/α,β-unsaturated/α-hetero) is 2. The van der Waals surface area contributed by atoms with Crippen LogP contribution in [-0.4, -0.2) is 58.8 Å². The quantitative estimate of drug-likeness (QED) is 0.0723. The molecule has 5 heteroatoms. The van der Waals surface area contributed by atoms with E-state index in [-0.39, 0.29) is 10.9 Å². The molecule has 45 heavy (non-hydrogen) atoms. The Bertz CT molecular complexity index is 1110. The van der Waals surface area contributed by atoms with Gasteiger partial charge in [-0.05, 0) is 73.4 Å². The zero-order valence-electron chi connectivity index (χ0n) is 28.2. The van der Waals surface area contributed by atoms with E-state index in [0.29, 0.717) is 33.5 Å². The molecule has 0 aromatic heterocycles. The van der Waals surface area contributed by atoms with Crippen molar-refractivity contribution in [2.24, 2.45) is 0 Å². The Kier molecular flexibility index (Phi) is 17.2. The summed E-state index contributed by atoms with van der Waals surface area (Å²) in [5.74, 6) is 5.74. The minimum Gasteiger partial charge on any atom is -0.371 e. The molecule has 2 aliphatic heterocycles. The Morgan fingerprint density at radius 3 is 1.73 bits per heavy atom. The molecule has 0 amide bonds. The summed E-state index contributed by atoms with van der Waals surface area (Å²) in [5.41, 5.74) is 4.52. The molecule has 2 fully saturated rings. The molecule has 2 atom stereocenters. The third kappa shape index (κ3) is 13.6. The molecule has 3 nitrogen and oxygen atoms in total. The maximum atomic E-state index is 13.0. The summed E-state index contributed by atoms with van der Waals surface area (Å²) in [6, 6.07) is 16.9. The maximum Gasteiger partial charge on any atom is 0.211 e. The molecule has 2 aliphatic rings. The molecule has 0 saturated carbocycles. The summed E-state index contributed by atoms with van der Waals surface area (Å²) in [5, 5.41) is 0.564. The second-order valence-corrected chi connectivity index (χ2v) is 18.1. The first kappa shape index (κ1) is 36.3. The second kappa shape index (κ2) is 21.3. The van der Waals surface area contributed by atoms with E-state index < -0.39 is 0 Å². The fraction of sp³-hybridized carbons (Fsp3) is 0.650. The van der Waals surface area contributed by atoms with E-state index in [2.05, 4.69) is 55.5 Å². The number of hydrogen-bond acceptors (Lipinski definition) is 3. The standard InChI is InChI=1S/C40H60O3S2/c1-2-3-16-34-19-25-37(26-20-34)40(42)33-45-30-27-43-31-38(45)18-13-11-9-7-5-4-6-8-10-12-17-35-21-23-36(24-22-35)39(41)32-44-28-14-15-29-44/h19-26,38H,2-18,27-33H2,1H3/q+2. The maximum absolute atomic E-state index is 13.0. The number of ketones is 2. The van der Waals surface area contributed by atoms with Crippen LogP contribution in [0.3, 0.4) is 0 Å². The third-order valence-electron chi connectivity index (χ3n) is 9.65. The minimum atomic E-state index is 0.158. The number of benzene rings is 2. The molecule has 2 saturated heterocycles. The van der Waals surface area contributed by atoms with E-state index >= 15 is 0 Å². The normalized spacial score (nSPS) is 18.8. The summed E-state index contributed by atoms with van der Waals surface area (Å²) < 4.78 is 5.85. The average Bonchev–Trinajstić information content (AvgIpc) is 3.58. The van der Waals surface area contributed by atoms with Crippen molar-refractivity contribution in [3.8, 4) is 0 Å².